The van der Waals surface area contributed by atoms with Crippen molar-refractivity contribution in [3.05, 3.63) is 35.0 Å². The molecule has 0 aromatic carbocycles. The minimum atomic E-state index is -6.09. The number of hydrogen-bond acceptors (Lipinski definition) is 2. The van der Waals surface area contributed by atoms with Gasteiger partial charge in [0.2, 0.25) is 17.5 Å². The molecule has 0 spiro atoms. The third-order valence-electron chi connectivity index (χ3n) is 2.34. The summed E-state index contributed by atoms with van der Waals surface area (Å²) < 4.78 is 126. The fourth-order valence-electron chi connectivity index (χ4n) is 1.13. The van der Waals surface area contributed by atoms with Gasteiger partial charge in [-0.05, 0) is 0 Å². The van der Waals surface area contributed by atoms with E-state index in [0.29, 0.717) is 0 Å². The van der Waals surface area contributed by atoms with Gasteiger partial charge in [0.25, 0.3) is 0 Å². The molecule has 0 rings (SSSR count). The van der Waals surface area contributed by atoms with Crippen molar-refractivity contribution in [3.8, 4) is 0 Å². The van der Waals surface area contributed by atoms with Gasteiger partial charge in [-0.3, -0.25) is 0 Å². The molecule has 0 aromatic heterocycles. The number of aliphatic hydroxyl groups is 1. The summed E-state index contributed by atoms with van der Waals surface area (Å²) in [5.74, 6) is -20.2. The van der Waals surface area contributed by atoms with Crippen LogP contribution in [0.5, 0.6) is 0 Å². The Morgan fingerprint density at radius 3 is 1.43 bits per heavy atom. The Morgan fingerprint density at radius 1 is 0.739 bits per heavy atom. The molecule has 0 aliphatic heterocycles. The molecule has 0 fully saturated rings. The number of rotatable bonds is 6. The molecule has 1 N–H and O–H groups in total. The van der Waals surface area contributed by atoms with Crippen LogP contribution in [0.15, 0.2) is 35.0 Å². The lowest BCUT2D eigenvalue weighted by atomic mass is 10.0. The third kappa shape index (κ3) is 4.96. The van der Waals surface area contributed by atoms with Crippen LogP contribution < -0.4 is 5.11 Å². The number of alkyl halides is 4. The lowest BCUT2D eigenvalue weighted by Crippen LogP contribution is -2.37. The van der Waals surface area contributed by atoms with Crippen molar-refractivity contribution in [2.45, 2.75) is 18.3 Å². The number of halogens is 10. The van der Waals surface area contributed by atoms with Gasteiger partial charge < -0.3 is 10.2 Å². The van der Waals surface area contributed by atoms with Crippen molar-refractivity contribution in [2.24, 2.45) is 0 Å². The van der Waals surface area contributed by atoms with E-state index in [9.17, 15) is 49.0 Å². The van der Waals surface area contributed by atoms with Crippen LogP contribution in [0, 0.1) is 0 Å². The molecular weight excluding hydrogens is 354 g/mol. The first kappa shape index (κ1) is 21.4. The summed E-state index contributed by atoms with van der Waals surface area (Å²) >= 11 is 0. The number of allylic oxidation sites excluding steroid dienone is 5. The maximum atomic E-state index is 13.5. The summed E-state index contributed by atoms with van der Waals surface area (Å²) in [4.78, 5) is 0. The van der Waals surface area contributed by atoms with Gasteiger partial charge >= 0.3 is 6.18 Å². The monoisotopic (exact) mass is 361 g/mol. The fraction of sp³-hybridized carbons (Fsp3) is 0.455. The Morgan fingerprint density at radius 2 is 1.13 bits per heavy atom. The number of aliphatic hydroxyl groups excluding tert-OH is 1. The van der Waals surface area contributed by atoms with E-state index in [0.717, 1.165) is 0 Å². The smallest absolute Gasteiger partial charge is 0.446 e. The topological polar surface area (TPSA) is 43.3 Å². The standard InChI is InChI=1S/C11H7F10O2/c12-4(5(13)7(15)9(17)11(19,20)21)6(14)8(16)10(18,3-23)1-2-22/h22H,1-3H2/q-1/b5-4-,8-6-,9-7+. The zero-order valence-electron chi connectivity index (χ0n) is 10.8. The molecule has 134 valence electrons. The molecule has 2 nitrogen and oxygen atoms in total. The Hall–Kier alpha value is -1.56. The van der Waals surface area contributed by atoms with E-state index in [-0.39, 0.29) is 0 Å². The van der Waals surface area contributed by atoms with E-state index in [2.05, 4.69) is 0 Å². The van der Waals surface area contributed by atoms with Crippen LogP contribution in [-0.4, -0.2) is 30.2 Å². The summed E-state index contributed by atoms with van der Waals surface area (Å²) in [6.45, 7) is -3.35. The van der Waals surface area contributed by atoms with Crippen molar-refractivity contribution in [1.82, 2.24) is 0 Å². The second kappa shape index (κ2) is 7.81. The molecule has 23 heavy (non-hydrogen) atoms. The molecule has 0 heterocycles. The van der Waals surface area contributed by atoms with E-state index in [1.807, 2.05) is 0 Å². The van der Waals surface area contributed by atoms with Crippen LogP contribution >= 0.6 is 0 Å². The maximum Gasteiger partial charge on any atom is 0.446 e. The largest absolute Gasteiger partial charge is 0.852 e. The molecule has 0 bridgehead atoms. The Kier molecular flexibility index (Phi) is 7.28. The summed E-state index contributed by atoms with van der Waals surface area (Å²) in [6.07, 6.45) is -7.49. The first-order valence-electron chi connectivity index (χ1n) is 5.45. The Labute approximate surface area is 122 Å². The van der Waals surface area contributed by atoms with Crippen molar-refractivity contribution in [2.75, 3.05) is 13.2 Å². The van der Waals surface area contributed by atoms with E-state index >= 15 is 0 Å². The predicted octanol–water partition coefficient (Wildman–Crippen LogP) is 3.45. The average molecular weight is 361 g/mol. The van der Waals surface area contributed by atoms with Crippen LogP contribution in [0.4, 0.5) is 43.9 Å². The zero-order chi connectivity index (χ0) is 18.6. The maximum absolute atomic E-state index is 13.5. The van der Waals surface area contributed by atoms with Gasteiger partial charge in [0.05, 0.1) is 0 Å². The van der Waals surface area contributed by atoms with Gasteiger partial charge in [-0.15, -0.1) is 0 Å². The normalized spacial score (nSPS) is 18.8. The van der Waals surface area contributed by atoms with E-state index in [4.69, 9.17) is 5.11 Å². The molecule has 0 amide bonds. The molecular formula is C11H7F10O2-. The minimum absolute atomic E-state index is 1.23. The highest BCUT2D eigenvalue weighted by atomic mass is 19.4. The molecule has 0 aliphatic carbocycles. The summed E-state index contributed by atoms with van der Waals surface area (Å²) in [6, 6.07) is 0. The van der Waals surface area contributed by atoms with Crippen molar-refractivity contribution in [3.63, 3.8) is 0 Å². The molecule has 12 heteroatoms. The molecule has 0 saturated heterocycles. The molecule has 0 aromatic rings. The van der Waals surface area contributed by atoms with Gasteiger partial charge in [-0.1, -0.05) is 6.61 Å². The Bertz CT molecular complexity index is 533. The van der Waals surface area contributed by atoms with Crippen LogP contribution in [0.25, 0.3) is 0 Å². The summed E-state index contributed by atoms with van der Waals surface area (Å²) in [7, 11) is 0. The minimum Gasteiger partial charge on any atom is -0.852 e. The highest BCUT2D eigenvalue weighted by Gasteiger charge is 2.41. The first-order chi connectivity index (χ1) is 10.3. The van der Waals surface area contributed by atoms with Gasteiger partial charge in [0, 0.05) is 13.0 Å². The van der Waals surface area contributed by atoms with Crippen molar-refractivity contribution >= 4 is 0 Å². The molecule has 0 aliphatic rings. The highest BCUT2D eigenvalue weighted by Crippen LogP contribution is 2.38. The molecule has 1 unspecified atom stereocenters. The van der Waals surface area contributed by atoms with Crippen LogP contribution in [0.2, 0.25) is 0 Å². The predicted molar refractivity (Wildman–Crippen MR) is 54.2 cm³/mol. The third-order valence-corrected chi connectivity index (χ3v) is 2.34. The van der Waals surface area contributed by atoms with Crippen LogP contribution in [0.1, 0.15) is 6.42 Å². The van der Waals surface area contributed by atoms with E-state index in [1.165, 1.54) is 0 Å². The lowest BCUT2D eigenvalue weighted by Gasteiger charge is -2.26. The highest BCUT2D eigenvalue weighted by molar-refractivity contribution is 5.36. The summed E-state index contributed by atoms with van der Waals surface area (Å²) in [5.41, 5.74) is -3.86. The second-order valence-electron chi connectivity index (χ2n) is 3.96. The zero-order valence-corrected chi connectivity index (χ0v) is 10.8. The van der Waals surface area contributed by atoms with Crippen molar-refractivity contribution in [1.29, 1.82) is 0 Å². The van der Waals surface area contributed by atoms with Gasteiger partial charge in [-0.2, -0.15) is 17.6 Å². The Balaban J connectivity index is 6.08. The first-order valence-corrected chi connectivity index (χ1v) is 5.45. The number of hydrogen-bond donors (Lipinski definition) is 1. The average Bonchev–Trinajstić information content (AvgIpc) is 2.49. The van der Waals surface area contributed by atoms with E-state index in [1.54, 1.807) is 0 Å². The second-order valence-corrected chi connectivity index (χ2v) is 3.96. The molecule has 1 atom stereocenters. The van der Waals surface area contributed by atoms with Gasteiger partial charge in [0.15, 0.2) is 23.1 Å². The van der Waals surface area contributed by atoms with Crippen molar-refractivity contribution < 1.29 is 54.1 Å². The van der Waals surface area contributed by atoms with Gasteiger partial charge in [0.1, 0.15) is 0 Å². The van der Waals surface area contributed by atoms with Crippen LogP contribution in [0.3, 0.4) is 0 Å². The van der Waals surface area contributed by atoms with Gasteiger partial charge in [-0.25, -0.2) is 26.3 Å². The van der Waals surface area contributed by atoms with Crippen LogP contribution in [-0.2, 0) is 0 Å². The van der Waals surface area contributed by atoms with E-state index < -0.39 is 66.4 Å². The fourth-order valence-corrected chi connectivity index (χ4v) is 1.13. The molecule has 0 radical (unpaired) electrons. The SMILES string of the molecule is [O-]CC(F)(CCO)\C(F)=C(F)/C(F)=C(F)\C(F)=C(/F)C(F)(F)F. The quantitative estimate of drug-likeness (QED) is 0.582. The molecule has 0 saturated carbocycles. The summed E-state index contributed by atoms with van der Waals surface area (Å²) in [5, 5.41) is 18.8. The lowest BCUT2D eigenvalue weighted by molar-refractivity contribution is -0.390.